The molecular formula is C17H23N3O4. The normalized spacial score (nSPS) is 23.4. The van der Waals surface area contributed by atoms with E-state index < -0.39 is 0 Å². The number of rotatable bonds is 5. The molecule has 0 saturated carbocycles. The number of hydrogen-bond acceptors (Lipinski definition) is 4. The van der Waals surface area contributed by atoms with Gasteiger partial charge in [0.25, 0.3) is 0 Å². The Morgan fingerprint density at radius 3 is 3.08 bits per heavy atom. The van der Waals surface area contributed by atoms with Crippen molar-refractivity contribution in [2.75, 3.05) is 31.7 Å². The number of hydrogen-bond donors (Lipinski definition) is 2. The van der Waals surface area contributed by atoms with Crippen molar-refractivity contribution in [3.8, 4) is 5.75 Å². The second-order valence-electron chi connectivity index (χ2n) is 6.10. The molecule has 1 aromatic carbocycles. The minimum Gasteiger partial charge on any atom is -0.497 e. The van der Waals surface area contributed by atoms with Crippen LogP contribution in [0.25, 0.3) is 0 Å². The van der Waals surface area contributed by atoms with Gasteiger partial charge in [-0.25, -0.2) is 4.79 Å². The first kappa shape index (κ1) is 16.6. The molecule has 2 fully saturated rings. The highest BCUT2D eigenvalue weighted by Gasteiger charge is 2.31. The Kier molecular flexibility index (Phi) is 5.20. The van der Waals surface area contributed by atoms with Crippen LogP contribution in [-0.2, 0) is 9.53 Å². The van der Waals surface area contributed by atoms with Crippen LogP contribution in [-0.4, -0.2) is 50.9 Å². The third kappa shape index (κ3) is 3.97. The van der Waals surface area contributed by atoms with Crippen LogP contribution in [0.2, 0.25) is 0 Å². The molecule has 7 heteroatoms. The number of carbonyl (C=O) groups excluding carboxylic acids is 2. The van der Waals surface area contributed by atoms with Crippen molar-refractivity contribution in [3.63, 3.8) is 0 Å². The molecule has 0 bridgehead atoms. The third-order valence-electron chi connectivity index (χ3n) is 4.34. The van der Waals surface area contributed by atoms with Crippen LogP contribution >= 0.6 is 0 Å². The molecule has 130 valence electrons. The lowest BCUT2D eigenvalue weighted by Gasteiger charge is -2.18. The maximum atomic E-state index is 12.2. The average molecular weight is 333 g/mol. The second-order valence-corrected chi connectivity index (χ2v) is 6.10. The van der Waals surface area contributed by atoms with Crippen molar-refractivity contribution in [1.82, 2.24) is 10.6 Å². The van der Waals surface area contributed by atoms with Crippen LogP contribution in [0.5, 0.6) is 5.75 Å². The van der Waals surface area contributed by atoms with E-state index >= 15 is 0 Å². The molecule has 0 spiro atoms. The number of carbonyl (C=O) groups is 2. The smallest absolute Gasteiger partial charge is 0.315 e. The standard InChI is InChI=1S/C17H23N3O4/c1-23-14-5-2-4-13(9-14)20-11-12(8-16(20)21)19-17(22)18-10-15-6-3-7-24-15/h2,4-5,9,12,15H,3,6-8,10-11H2,1H3,(H2,18,19,22)/t12-,15+/m0/s1. The molecule has 2 atom stereocenters. The Labute approximate surface area is 141 Å². The second kappa shape index (κ2) is 7.53. The van der Waals surface area contributed by atoms with Gasteiger partial charge in [0.2, 0.25) is 5.91 Å². The van der Waals surface area contributed by atoms with E-state index in [1.165, 1.54) is 0 Å². The lowest BCUT2D eigenvalue weighted by atomic mass is 10.2. The summed E-state index contributed by atoms with van der Waals surface area (Å²) in [5, 5.41) is 5.68. The van der Waals surface area contributed by atoms with Gasteiger partial charge in [0, 0.05) is 37.9 Å². The summed E-state index contributed by atoms with van der Waals surface area (Å²) < 4.78 is 10.7. The number of amides is 3. The predicted octanol–water partition coefficient (Wildman–Crippen LogP) is 1.28. The van der Waals surface area contributed by atoms with Crippen molar-refractivity contribution in [1.29, 1.82) is 0 Å². The van der Waals surface area contributed by atoms with E-state index in [2.05, 4.69) is 10.6 Å². The molecule has 0 unspecified atom stereocenters. The van der Waals surface area contributed by atoms with Gasteiger partial charge in [0.05, 0.1) is 19.3 Å². The van der Waals surface area contributed by atoms with Crippen LogP contribution in [0, 0.1) is 0 Å². The lowest BCUT2D eigenvalue weighted by Crippen LogP contribution is -2.45. The van der Waals surface area contributed by atoms with Gasteiger partial charge < -0.3 is 25.0 Å². The molecule has 2 saturated heterocycles. The minimum atomic E-state index is -0.254. The molecule has 1 aromatic rings. The van der Waals surface area contributed by atoms with E-state index in [-0.39, 0.29) is 24.1 Å². The summed E-state index contributed by atoms with van der Waals surface area (Å²) in [6.07, 6.45) is 2.42. The quantitative estimate of drug-likeness (QED) is 0.851. The fraction of sp³-hybridized carbons (Fsp3) is 0.529. The van der Waals surface area contributed by atoms with Crippen LogP contribution in [0.1, 0.15) is 19.3 Å². The fourth-order valence-corrected chi connectivity index (χ4v) is 3.08. The van der Waals surface area contributed by atoms with Gasteiger partial charge in [-0.05, 0) is 25.0 Å². The Bertz CT molecular complexity index is 601. The number of ether oxygens (including phenoxy) is 2. The zero-order valence-corrected chi connectivity index (χ0v) is 13.8. The minimum absolute atomic E-state index is 0.00678. The SMILES string of the molecule is COc1cccc(N2C[C@@H](NC(=O)NC[C@H]3CCCO3)CC2=O)c1. The molecule has 2 N–H and O–H groups in total. The largest absolute Gasteiger partial charge is 0.497 e. The molecular weight excluding hydrogens is 310 g/mol. The number of urea groups is 1. The summed E-state index contributed by atoms with van der Waals surface area (Å²) in [5.74, 6) is 0.693. The Morgan fingerprint density at radius 1 is 1.46 bits per heavy atom. The molecule has 0 aliphatic carbocycles. The summed E-state index contributed by atoms with van der Waals surface area (Å²) in [6, 6.07) is 6.90. The van der Waals surface area contributed by atoms with Crippen molar-refractivity contribution >= 4 is 17.6 Å². The van der Waals surface area contributed by atoms with Crippen LogP contribution in [0.4, 0.5) is 10.5 Å². The van der Waals surface area contributed by atoms with Crippen LogP contribution in [0.3, 0.4) is 0 Å². The summed E-state index contributed by atoms with van der Waals surface area (Å²) in [4.78, 5) is 25.9. The summed E-state index contributed by atoms with van der Waals surface area (Å²) >= 11 is 0. The Hall–Kier alpha value is -2.28. The summed E-state index contributed by atoms with van der Waals surface area (Å²) in [5.41, 5.74) is 0.781. The summed E-state index contributed by atoms with van der Waals surface area (Å²) in [7, 11) is 1.59. The van der Waals surface area contributed by atoms with E-state index in [0.29, 0.717) is 25.3 Å². The van der Waals surface area contributed by atoms with Gasteiger partial charge in [0.1, 0.15) is 5.75 Å². The molecule has 2 aliphatic rings. The van der Waals surface area contributed by atoms with Gasteiger partial charge in [-0.2, -0.15) is 0 Å². The first-order valence-corrected chi connectivity index (χ1v) is 8.26. The van der Waals surface area contributed by atoms with E-state index in [1.54, 1.807) is 12.0 Å². The number of nitrogens with one attached hydrogen (secondary N) is 2. The van der Waals surface area contributed by atoms with Gasteiger partial charge in [-0.1, -0.05) is 6.07 Å². The fourth-order valence-electron chi connectivity index (χ4n) is 3.08. The maximum Gasteiger partial charge on any atom is 0.315 e. The molecule has 0 aromatic heterocycles. The first-order valence-electron chi connectivity index (χ1n) is 8.26. The van der Waals surface area contributed by atoms with E-state index in [1.807, 2.05) is 24.3 Å². The number of methoxy groups -OCH3 is 1. The molecule has 0 radical (unpaired) electrons. The van der Waals surface area contributed by atoms with Crippen molar-refractivity contribution < 1.29 is 19.1 Å². The number of benzene rings is 1. The van der Waals surface area contributed by atoms with E-state index in [4.69, 9.17) is 9.47 Å². The van der Waals surface area contributed by atoms with E-state index in [9.17, 15) is 9.59 Å². The van der Waals surface area contributed by atoms with Crippen molar-refractivity contribution in [2.45, 2.75) is 31.4 Å². The molecule has 24 heavy (non-hydrogen) atoms. The van der Waals surface area contributed by atoms with Gasteiger partial charge in [0.15, 0.2) is 0 Å². The monoisotopic (exact) mass is 333 g/mol. The maximum absolute atomic E-state index is 12.2. The zero-order chi connectivity index (χ0) is 16.9. The van der Waals surface area contributed by atoms with Gasteiger partial charge in [-0.15, -0.1) is 0 Å². The molecule has 2 heterocycles. The number of anilines is 1. The van der Waals surface area contributed by atoms with Crippen molar-refractivity contribution in [3.05, 3.63) is 24.3 Å². The Balaban J connectivity index is 1.51. The molecule has 3 rings (SSSR count). The summed E-state index contributed by atoms with van der Waals surface area (Å²) in [6.45, 7) is 1.73. The lowest BCUT2D eigenvalue weighted by molar-refractivity contribution is -0.117. The number of nitrogens with zero attached hydrogens (tertiary/aromatic N) is 1. The van der Waals surface area contributed by atoms with Crippen LogP contribution in [0.15, 0.2) is 24.3 Å². The van der Waals surface area contributed by atoms with Crippen molar-refractivity contribution in [2.24, 2.45) is 0 Å². The highest BCUT2D eigenvalue weighted by atomic mass is 16.5. The third-order valence-corrected chi connectivity index (χ3v) is 4.34. The molecule has 7 nitrogen and oxygen atoms in total. The highest BCUT2D eigenvalue weighted by Crippen LogP contribution is 2.25. The zero-order valence-electron chi connectivity index (χ0n) is 13.8. The van der Waals surface area contributed by atoms with E-state index in [0.717, 1.165) is 25.1 Å². The van der Waals surface area contributed by atoms with Gasteiger partial charge in [-0.3, -0.25) is 4.79 Å². The molecule has 2 aliphatic heterocycles. The molecule has 3 amide bonds. The topological polar surface area (TPSA) is 79.9 Å². The van der Waals surface area contributed by atoms with Gasteiger partial charge >= 0.3 is 6.03 Å². The average Bonchev–Trinajstić information content (AvgIpc) is 3.22. The Morgan fingerprint density at radius 2 is 2.33 bits per heavy atom. The first-order chi connectivity index (χ1) is 11.7. The highest BCUT2D eigenvalue weighted by molar-refractivity contribution is 5.97. The predicted molar refractivity (Wildman–Crippen MR) is 89.3 cm³/mol. The van der Waals surface area contributed by atoms with Crippen LogP contribution < -0.4 is 20.3 Å².